The molecule has 0 unspecified atom stereocenters. The Kier molecular flexibility index (Phi) is 5.93. The number of nitrogens with zero attached hydrogens (tertiary/aromatic N) is 2. The zero-order chi connectivity index (χ0) is 19.1. The van der Waals surface area contributed by atoms with Crippen molar-refractivity contribution in [2.45, 2.75) is 0 Å². The van der Waals surface area contributed by atoms with Crippen molar-refractivity contribution in [2.75, 3.05) is 35.2 Å². The molecule has 26 heavy (non-hydrogen) atoms. The first kappa shape index (κ1) is 18.5. The highest BCUT2D eigenvalue weighted by molar-refractivity contribution is 5.98. The van der Waals surface area contributed by atoms with Gasteiger partial charge in [0.15, 0.2) is 0 Å². The van der Waals surface area contributed by atoms with Crippen molar-refractivity contribution in [1.82, 2.24) is 9.97 Å². The molecule has 0 fully saturated rings. The Morgan fingerprint density at radius 2 is 1.23 bits per heavy atom. The van der Waals surface area contributed by atoms with Crippen LogP contribution in [-0.4, -0.2) is 34.9 Å². The summed E-state index contributed by atoms with van der Waals surface area (Å²) < 4.78 is 0. The third kappa shape index (κ3) is 4.84. The number of amides is 2. The summed E-state index contributed by atoms with van der Waals surface area (Å²) >= 11 is 0. The molecule has 136 valence electrons. The van der Waals surface area contributed by atoms with E-state index in [2.05, 4.69) is 20.6 Å². The number of primary amides is 2. The first-order valence-corrected chi connectivity index (χ1v) is 7.62. The van der Waals surface area contributed by atoms with E-state index >= 15 is 0 Å². The quantitative estimate of drug-likeness (QED) is 0.354. The van der Waals surface area contributed by atoms with Crippen molar-refractivity contribution in [3.63, 3.8) is 0 Å². The molecule has 0 radical (unpaired) electrons. The Labute approximate surface area is 149 Å². The fraction of sp³-hybridized carbons (Fsp3) is 0.125. The smallest absolute Gasteiger partial charge is 0.252 e. The fourth-order valence-electron chi connectivity index (χ4n) is 2.10. The molecule has 2 rings (SSSR count). The third-order valence-corrected chi connectivity index (χ3v) is 3.29. The fourth-order valence-corrected chi connectivity index (χ4v) is 2.10. The number of hydrogen-bond donors (Lipinski definition) is 6. The van der Waals surface area contributed by atoms with Crippen molar-refractivity contribution in [3.05, 3.63) is 47.8 Å². The van der Waals surface area contributed by atoms with Gasteiger partial charge in [-0.1, -0.05) is 12.2 Å². The summed E-state index contributed by atoms with van der Waals surface area (Å²) in [5.41, 5.74) is 22.9. The molecular formula is C16H20N8O2. The van der Waals surface area contributed by atoms with Crippen LogP contribution < -0.4 is 33.6 Å². The predicted octanol–water partition coefficient (Wildman–Crippen LogP) is -0.0810. The number of nitrogens with two attached hydrogens (primary N) is 4. The zero-order valence-corrected chi connectivity index (χ0v) is 13.9. The number of rotatable bonds is 8. The molecule has 10 heteroatoms. The van der Waals surface area contributed by atoms with Crippen LogP contribution in [0, 0.1) is 0 Å². The lowest BCUT2D eigenvalue weighted by molar-refractivity contribution is 0.0992. The van der Waals surface area contributed by atoms with E-state index in [1.165, 1.54) is 24.5 Å². The molecule has 2 aromatic rings. The van der Waals surface area contributed by atoms with E-state index in [0.717, 1.165) is 0 Å². The number of aromatic nitrogens is 2. The third-order valence-electron chi connectivity index (χ3n) is 3.29. The molecule has 0 saturated carbocycles. The number of nitrogens with one attached hydrogen (secondary N) is 2. The van der Waals surface area contributed by atoms with Gasteiger partial charge >= 0.3 is 0 Å². The SMILES string of the molecule is NC(=O)c1cc(N)cnc1NCC=CCNc1ncc(N)cc1C(N)=O. The first-order chi connectivity index (χ1) is 12.4. The second-order valence-electron chi connectivity index (χ2n) is 5.29. The molecule has 0 aromatic carbocycles. The molecule has 0 aliphatic rings. The summed E-state index contributed by atoms with van der Waals surface area (Å²) in [6.45, 7) is 0.799. The van der Waals surface area contributed by atoms with Crippen LogP contribution in [0.15, 0.2) is 36.7 Å². The maximum Gasteiger partial charge on any atom is 0.252 e. The highest BCUT2D eigenvalue weighted by Gasteiger charge is 2.10. The lowest BCUT2D eigenvalue weighted by Gasteiger charge is -2.08. The average molecular weight is 356 g/mol. The second-order valence-corrected chi connectivity index (χ2v) is 5.29. The molecule has 2 aromatic heterocycles. The molecule has 2 amide bonds. The van der Waals surface area contributed by atoms with E-state index in [9.17, 15) is 9.59 Å². The Balaban J connectivity index is 1.90. The second kappa shape index (κ2) is 8.33. The number of carbonyl (C=O) groups is 2. The maximum absolute atomic E-state index is 11.4. The van der Waals surface area contributed by atoms with E-state index in [0.29, 0.717) is 36.1 Å². The van der Waals surface area contributed by atoms with Crippen LogP contribution in [-0.2, 0) is 0 Å². The molecule has 0 aliphatic heterocycles. The van der Waals surface area contributed by atoms with Crippen molar-refractivity contribution in [3.8, 4) is 0 Å². The summed E-state index contributed by atoms with van der Waals surface area (Å²) in [5, 5.41) is 5.94. The van der Waals surface area contributed by atoms with Gasteiger partial charge in [0.25, 0.3) is 11.8 Å². The van der Waals surface area contributed by atoms with Gasteiger partial charge in [-0.25, -0.2) is 9.97 Å². The molecule has 0 saturated heterocycles. The number of nitrogen functional groups attached to an aromatic ring is 2. The van der Waals surface area contributed by atoms with E-state index < -0.39 is 11.8 Å². The molecule has 2 heterocycles. The zero-order valence-electron chi connectivity index (χ0n) is 13.9. The largest absolute Gasteiger partial charge is 0.397 e. The molecule has 0 spiro atoms. The Hall–Kier alpha value is -3.82. The molecule has 0 bridgehead atoms. The van der Waals surface area contributed by atoms with Gasteiger partial charge in [0.2, 0.25) is 0 Å². The minimum atomic E-state index is -0.619. The monoisotopic (exact) mass is 356 g/mol. The standard InChI is InChI=1S/C16H20N8O2/c17-9-5-11(13(19)25)15(23-7-9)21-3-1-2-4-22-16-12(14(20)26)6-10(18)8-24-16/h1-2,5-8H,3-4,17-18H2,(H2,19,25)(H2,20,26)(H,21,23)(H,22,24). The minimum Gasteiger partial charge on any atom is -0.397 e. The lowest BCUT2D eigenvalue weighted by atomic mass is 10.2. The highest BCUT2D eigenvalue weighted by Crippen LogP contribution is 2.15. The van der Waals surface area contributed by atoms with Crippen LogP contribution in [0.2, 0.25) is 0 Å². The molecule has 0 aliphatic carbocycles. The van der Waals surface area contributed by atoms with E-state index in [-0.39, 0.29) is 11.1 Å². The van der Waals surface area contributed by atoms with Gasteiger partial charge in [-0.15, -0.1) is 0 Å². The molecule has 10 nitrogen and oxygen atoms in total. The van der Waals surface area contributed by atoms with Crippen molar-refractivity contribution >= 4 is 34.8 Å². The normalized spacial score (nSPS) is 10.6. The van der Waals surface area contributed by atoms with Crippen LogP contribution in [0.5, 0.6) is 0 Å². The minimum absolute atomic E-state index is 0.216. The van der Waals surface area contributed by atoms with Crippen molar-refractivity contribution in [2.24, 2.45) is 11.5 Å². The summed E-state index contributed by atoms with van der Waals surface area (Å²) in [6.07, 6.45) is 6.46. The number of anilines is 4. The summed E-state index contributed by atoms with van der Waals surface area (Å²) in [6, 6.07) is 2.92. The van der Waals surface area contributed by atoms with Gasteiger partial charge < -0.3 is 33.6 Å². The van der Waals surface area contributed by atoms with Gasteiger partial charge in [0.05, 0.1) is 34.9 Å². The van der Waals surface area contributed by atoms with Crippen LogP contribution in [0.4, 0.5) is 23.0 Å². The number of pyridine rings is 2. The summed E-state index contributed by atoms with van der Waals surface area (Å²) in [4.78, 5) is 30.9. The van der Waals surface area contributed by atoms with Crippen LogP contribution in [0.3, 0.4) is 0 Å². The van der Waals surface area contributed by atoms with E-state index in [4.69, 9.17) is 22.9 Å². The Morgan fingerprint density at radius 3 is 1.58 bits per heavy atom. The summed E-state index contributed by atoms with van der Waals surface area (Å²) in [5.74, 6) is -0.543. The van der Waals surface area contributed by atoms with Gasteiger partial charge in [-0.2, -0.15) is 0 Å². The van der Waals surface area contributed by atoms with Crippen LogP contribution >= 0.6 is 0 Å². The molecular weight excluding hydrogens is 336 g/mol. The van der Waals surface area contributed by atoms with E-state index in [1.54, 1.807) is 12.2 Å². The lowest BCUT2D eigenvalue weighted by Crippen LogP contribution is -2.16. The van der Waals surface area contributed by atoms with Crippen molar-refractivity contribution < 1.29 is 9.59 Å². The van der Waals surface area contributed by atoms with Crippen LogP contribution in [0.25, 0.3) is 0 Å². The highest BCUT2D eigenvalue weighted by atomic mass is 16.1. The Morgan fingerprint density at radius 1 is 0.846 bits per heavy atom. The summed E-state index contributed by atoms with van der Waals surface area (Å²) in [7, 11) is 0. The van der Waals surface area contributed by atoms with Gasteiger partial charge in [0.1, 0.15) is 11.6 Å². The van der Waals surface area contributed by atoms with Crippen LogP contribution in [0.1, 0.15) is 20.7 Å². The Bertz CT molecular complexity index is 781. The molecule has 10 N–H and O–H groups in total. The predicted molar refractivity (Wildman–Crippen MR) is 100 cm³/mol. The first-order valence-electron chi connectivity index (χ1n) is 7.62. The van der Waals surface area contributed by atoms with Gasteiger partial charge in [0, 0.05) is 13.1 Å². The maximum atomic E-state index is 11.4. The van der Waals surface area contributed by atoms with Crippen molar-refractivity contribution in [1.29, 1.82) is 0 Å². The number of carbonyl (C=O) groups excluding carboxylic acids is 2. The number of hydrogen-bond acceptors (Lipinski definition) is 8. The topological polar surface area (TPSA) is 188 Å². The average Bonchev–Trinajstić information content (AvgIpc) is 2.59. The van der Waals surface area contributed by atoms with Gasteiger partial charge in [-0.3, -0.25) is 9.59 Å². The van der Waals surface area contributed by atoms with E-state index in [1.807, 2.05) is 0 Å². The molecule has 0 atom stereocenters. The van der Waals surface area contributed by atoms with Gasteiger partial charge in [-0.05, 0) is 12.1 Å².